The quantitative estimate of drug-likeness (QED) is 0.591. The Morgan fingerprint density at radius 3 is 1.74 bits per heavy atom. The molecule has 0 radical (unpaired) electrons. The van der Waals surface area contributed by atoms with Crippen LogP contribution in [-0.4, -0.2) is 20.4 Å². The first-order chi connectivity index (χ1) is 8.99. The summed E-state index contributed by atoms with van der Waals surface area (Å²) in [7, 11) is -3.40. The van der Waals surface area contributed by atoms with Crippen LogP contribution in [0, 0.1) is 0 Å². The zero-order valence-electron chi connectivity index (χ0n) is 13.6. The van der Waals surface area contributed by atoms with Crippen molar-refractivity contribution in [1.82, 2.24) is 0 Å². The van der Waals surface area contributed by atoms with Crippen molar-refractivity contribution in [2.24, 2.45) is 5.14 Å². The van der Waals surface area contributed by atoms with Gasteiger partial charge in [-0.25, -0.2) is 13.6 Å². The number of hydrogen-bond donors (Lipinski definition) is 2. The molecule has 2 N–H and O–H groups in total. The highest BCUT2D eigenvalue weighted by Crippen LogP contribution is 2.02. The van der Waals surface area contributed by atoms with Gasteiger partial charge in [0.15, 0.2) is 0 Å². The fourth-order valence-electron chi connectivity index (χ4n) is 0.939. The minimum absolute atomic E-state index is 0.0721. The summed E-state index contributed by atoms with van der Waals surface area (Å²) >= 11 is 3.53. The molecule has 0 aromatic carbocycles. The monoisotopic (exact) mass is 311 g/mol. The van der Waals surface area contributed by atoms with Crippen molar-refractivity contribution in [3.8, 4) is 0 Å². The van der Waals surface area contributed by atoms with Gasteiger partial charge in [-0.2, -0.15) is 12.6 Å². The molecule has 0 amide bonds. The molecule has 0 fully saturated rings. The molecule has 0 unspecified atom stereocenters. The largest absolute Gasteiger partial charge is 0.228 e. The molecule has 0 saturated heterocycles. The number of allylic oxidation sites excluding steroid dienone is 3. The molecule has 0 aliphatic rings. The summed E-state index contributed by atoms with van der Waals surface area (Å²) in [4.78, 5) is 0. The van der Waals surface area contributed by atoms with E-state index in [0.29, 0.717) is 0 Å². The van der Waals surface area contributed by atoms with E-state index in [1.54, 1.807) is 6.26 Å². The van der Waals surface area contributed by atoms with Gasteiger partial charge in [0.2, 0.25) is 10.0 Å². The predicted octanol–water partition coefficient (Wildman–Crippen LogP) is 4.18. The molecule has 0 bridgehead atoms. The van der Waals surface area contributed by atoms with E-state index in [0.717, 1.165) is 18.4 Å². The van der Waals surface area contributed by atoms with Crippen LogP contribution in [0.4, 0.5) is 0 Å². The summed E-state index contributed by atoms with van der Waals surface area (Å²) in [5.41, 5.74) is 0.770. The summed E-state index contributed by atoms with van der Waals surface area (Å²) in [5.74, 6) is -0.0721. The van der Waals surface area contributed by atoms with Gasteiger partial charge in [0.1, 0.15) is 0 Å². The highest BCUT2D eigenvalue weighted by Gasteiger charge is 2.04. The Morgan fingerprint density at radius 2 is 1.47 bits per heavy atom. The average molecular weight is 312 g/mol. The van der Waals surface area contributed by atoms with Crippen molar-refractivity contribution in [3.05, 3.63) is 23.8 Å². The van der Waals surface area contributed by atoms with Crippen molar-refractivity contribution in [2.45, 2.75) is 54.4 Å². The Balaban J connectivity index is -0.000000163. The zero-order valence-corrected chi connectivity index (χ0v) is 15.3. The lowest BCUT2D eigenvalue weighted by atomic mass is 10.2. The van der Waals surface area contributed by atoms with Gasteiger partial charge >= 0.3 is 0 Å². The van der Waals surface area contributed by atoms with Crippen molar-refractivity contribution in [3.63, 3.8) is 0 Å². The smallest absolute Gasteiger partial charge is 0.213 e. The van der Waals surface area contributed by atoms with Gasteiger partial charge in [0.25, 0.3) is 0 Å². The molecule has 0 atom stereocenters. The van der Waals surface area contributed by atoms with Crippen molar-refractivity contribution >= 4 is 22.7 Å². The molecule has 5 heteroatoms. The Hall–Kier alpha value is -0.260. The molecule has 0 aliphatic heterocycles. The zero-order chi connectivity index (χ0) is 16.3. The highest BCUT2D eigenvalue weighted by molar-refractivity contribution is 7.89. The van der Waals surface area contributed by atoms with E-state index in [9.17, 15) is 8.42 Å². The summed E-state index contributed by atoms with van der Waals surface area (Å²) in [6.07, 6.45) is 9.02. The van der Waals surface area contributed by atoms with Gasteiger partial charge in [-0.15, -0.1) is 0 Å². The Kier molecular flexibility index (Phi) is 32.7. The van der Waals surface area contributed by atoms with Crippen molar-refractivity contribution < 1.29 is 8.42 Å². The highest BCUT2D eigenvalue weighted by atomic mass is 32.2. The van der Waals surface area contributed by atoms with Crippen LogP contribution in [0.25, 0.3) is 0 Å². The fraction of sp³-hybridized carbons (Fsp3) is 0.714. The van der Waals surface area contributed by atoms with Crippen LogP contribution in [0.1, 0.15) is 54.4 Å². The molecule has 0 rings (SSSR count). The minimum Gasteiger partial charge on any atom is -0.228 e. The van der Waals surface area contributed by atoms with Crippen molar-refractivity contribution in [1.29, 1.82) is 0 Å². The molecule has 118 valence electrons. The van der Waals surface area contributed by atoms with Crippen LogP contribution in [0.2, 0.25) is 0 Å². The maximum Gasteiger partial charge on any atom is 0.213 e. The molecule has 0 aliphatic carbocycles. The Labute approximate surface area is 126 Å². The van der Waals surface area contributed by atoms with E-state index in [-0.39, 0.29) is 5.75 Å². The molecule has 0 aromatic heterocycles. The van der Waals surface area contributed by atoms with Crippen LogP contribution in [0.15, 0.2) is 23.8 Å². The first-order valence-electron chi connectivity index (χ1n) is 6.80. The first-order valence-corrected chi connectivity index (χ1v) is 9.41. The van der Waals surface area contributed by atoms with Gasteiger partial charge in [-0.3, -0.25) is 0 Å². The number of thiol groups is 1. The number of rotatable bonds is 5. The van der Waals surface area contributed by atoms with E-state index in [1.807, 2.05) is 59.8 Å². The topological polar surface area (TPSA) is 60.2 Å². The van der Waals surface area contributed by atoms with Gasteiger partial charge in [-0.05, 0) is 24.7 Å². The van der Waals surface area contributed by atoms with Crippen LogP contribution >= 0.6 is 12.6 Å². The lowest BCUT2D eigenvalue weighted by molar-refractivity contribution is 0.600. The summed E-state index contributed by atoms with van der Waals surface area (Å²) in [5, 5.41) is 4.94. The second-order valence-electron chi connectivity index (χ2n) is 2.81. The van der Waals surface area contributed by atoms with Gasteiger partial charge in [0.05, 0.1) is 5.75 Å². The third-order valence-corrected chi connectivity index (χ3v) is 2.14. The third kappa shape index (κ3) is 31.9. The second kappa shape index (κ2) is 22.9. The third-order valence-electron chi connectivity index (χ3n) is 1.40. The lowest BCUT2D eigenvalue weighted by Crippen LogP contribution is -2.17. The van der Waals surface area contributed by atoms with Crippen molar-refractivity contribution in [2.75, 3.05) is 12.0 Å². The molecule has 3 nitrogen and oxygen atoms in total. The van der Waals surface area contributed by atoms with Crippen LogP contribution < -0.4 is 5.14 Å². The molecule has 0 aromatic rings. The molecule has 19 heavy (non-hydrogen) atoms. The van der Waals surface area contributed by atoms with E-state index in [2.05, 4.69) is 12.6 Å². The summed E-state index contributed by atoms with van der Waals surface area (Å²) in [6.45, 7) is 12.0. The number of nitrogens with two attached hydrogens (primary N) is 1. The van der Waals surface area contributed by atoms with Gasteiger partial charge < -0.3 is 0 Å². The van der Waals surface area contributed by atoms with Crippen LogP contribution in [-0.2, 0) is 10.0 Å². The number of primary sulfonamides is 1. The minimum atomic E-state index is -3.40. The number of hydrogen-bond acceptors (Lipinski definition) is 3. The molecule has 0 saturated carbocycles. The van der Waals surface area contributed by atoms with E-state index < -0.39 is 10.0 Å². The predicted molar refractivity (Wildman–Crippen MR) is 93.4 cm³/mol. The molecular weight excluding hydrogens is 278 g/mol. The molecule has 0 spiro atoms. The van der Waals surface area contributed by atoms with E-state index >= 15 is 0 Å². The summed E-state index contributed by atoms with van der Waals surface area (Å²) in [6, 6.07) is 0. The number of sulfonamides is 1. The fourth-order valence-corrected chi connectivity index (χ4v) is 1.62. The maximum absolute atomic E-state index is 10.8. The van der Waals surface area contributed by atoms with Crippen LogP contribution in [0.5, 0.6) is 0 Å². The first kappa shape index (κ1) is 27.1. The molecule has 0 heterocycles. The van der Waals surface area contributed by atoms with Gasteiger partial charge in [0, 0.05) is 0 Å². The normalized spacial score (nSPS) is 10.5. The average Bonchev–Trinajstić information content (AvgIpc) is 2.41. The molecular formula is C14H33NO2S2. The van der Waals surface area contributed by atoms with E-state index in [4.69, 9.17) is 5.14 Å². The lowest BCUT2D eigenvalue weighted by Gasteiger charge is -1.99. The van der Waals surface area contributed by atoms with Crippen LogP contribution in [0.3, 0.4) is 0 Å². The summed E-state index contributed by atoms with van der Waals surface area (Å²) < 4.78 is 21.6. The Morgan fingerprint density at radius 1 is 1.05 bits per heavy atom. The standard InChI is InChI=1S/C9H17NO2S.2C2H6.CH4S/c1-3-5-7-9(6-4-2)8-13(10,11)12;3*1-2/h5-7H,3-4,8H2,1-2H3,(H2,10,11,12);2*1-2H3;2H,1H3/b7-5-,9-6+;;;. The second-order valence-corrected chi connectivity index (χ2v) is 4.42. The van der Waals surface area contributed by atoms with Gasteiger partial charge in [-0.1, -0.05) is 59.8 Å². The van der Waals surface area contributed by atoms with E-state index in [1.165, 1.54) is 0 Å². The maximum atomic E-state index is 10.8. The Bertz CT molecular complexity index is 295. The SMILES string of the molecule is CC.CC.CC/C=C\C(=C/CC)CS(N)(=O)=O.CS.